The number of carbonyl (C=O) groups excluding carboxylic acids is 2. The summed E-state index contributed by atoms with van der Waals surface area (Å²) in [5.74, 6) is 0.558. The van der Waals surface area contributed by atoms with E-state index < -0.39 is 0 Å². The predicted molar refractivity (Wildman–Crippen MR) is 128 cm³/mol. The molecule has 0 saturated carbocycles. The van der Waals surface area contributed by atoms with E-state index in [1.165, 1.54) is 5.69 Å². The van der Waals surface area contributed by atoms with Gasteiger partial charge >= 0.3 is 0 Å². The highest BCUT2D eigenvalue weighted by molar-refractivity contribution is 5.94. The van der Waals surface area contributed by atoms with Crippen LogP contribution in [-0.4, -0.2) is 76.0 Å². The van der Waals surface area contributed by atoms with Gasteiger partial charge in [-0.3, -0.25) is 14.6 Å². The Kier molecular flexibility index (Phi) is 8.48. The van der Waals surface area contributed by atoms with Gasteiger partial charge in [0, 0.05) is 58.1 Å². The molecular formula is C24H32N6O2. The number of nitrogens with one attached hydrogen (secondary N) is 3. The van der Waals surface area contributed by atoms with Gasteiger partial charge in [0.15, 0.2) is 5.96 Å². The molecule has 2 aromatic rings. The fraction of sp³-hybridized carbons (Fsp3) is 0.375. The SMILES string of the molecule is CN=C(NCCc1cccc(C(=O)NC)c1)NCC(=O)N1CCN(c2ccccc2)CC1. The molecule has 8 heteroatoms. The minimum Gasteiger partial charge on any atom is -0.368 e. The second kappa shape index (κ2) is 11.7. The standard InChI is InChI=1S/C24H32N6O2/c1-25-23(32)20-8-6-7-19(17-20)11-12-27-24(26-2)28-18-22(31)30-15-13-29(14-16-30)21-9-4-3-5-10-21/h3-10,17H,11-16,18H2,1-2H3,(H,25,32)(H2,26,27,28). The third-order valence-corrected chi connectivity index (χ3v) is 5.51. The van der Waals surface area contributed by atoms with Gasteiger partial charge in [0.1, 0.15) is 0 Å². The molecule has 8 nitrogen and oxygen atoms in total. The van der Waals surface area contributed by atoms with E-state index >= 15 is 0 Å². The Morgan fingerprint density at radius 3 is 2.41 bits per heavy atom. The molecule has 1 aliphatic heterocycles. The first-order valence-electron chi connectivity index (χ1n) is 10.9. The molecule has 0 radical (unpaired) electrons. The van der Waals surface area contributed by atoms with Gasteiger partial charge in [0.2, 0.25) is 5.91 Å². The largest absolute Gasteiger partial charge is 0.368 e. The van der Waals surface area contributed by atoms with E-state index in [9.17, 15) is 9.59 Å². The summed E-state index contributed by atoms with van der Waals surface area (Å²) in [5.41, 5.74) is 2.90. The first-order chi connectivity index (χ1) is 15.6. The molecule has 32 heavy (non-hydrogen) atoms. The van der Waals surface area contributed by atoms with Gasteiger partial charge in [0.05, 0.1) is 6.54 Å². The number of rotatable bonds is 7. The second-order valence-corrected chi connectivity index (χ2v) is 7.59. The molecule has 170 valence electrons. The zero-order valence-electron chi connectivity index (χ0n) is 18.8. The number of benzene rings is 2. The Morgan fingerprint density at radius 2 is 1.72 bits per heavy atom. The first-order valence-corrected chi connectivity index (χ1v) is 10.9. The molecule has 0 atom stereocenters. The molecule has 1 aliphatic rings. The Hall–Kier alpha value is -3.55. The molecule has 1 heterocycles. The molecule has 0 spiro atoms. The maximum absolute atomic E-state index is 12.6. The van der Waals surface area contributed by atoms with Crippen molar-refractivity contribution in [3.8, 4) is 0 Å². The summed E-state index contributed by atoms with van der Waals surface area (Å²) in [7, 11) is 3.31. The highest BCUT2D eigenvalue weighted by atomic mass is 16.2. The summed E-state index contributed by atoms with van der Waals surface area (Å²) in [5, 5.41) is 8.97. The lowest BCUT2D eigenvalue weighted by Crippen LogP contribution is -2.52. The normalized spacial score (nSPS) is 14.1. The summed E-state index contributed by atoms with van der Waals surface area (Å²) in [6.07, 6.45) is 0.737. The molecule has 0 bridgehead atoms. The Bertz CT molecular complexity index is 923. The number of aliphatic imine (C=N–C) groups is 1. The topological polar surface area (TPSA) is 89.1 Å². The number of para-hydroxylation sites is 1. The fourth-order valence-corrected chi connectivity index (χ4v) is 3.68. The lowest BCUT2D eigenvalue weighted by molar-refractivity contribution is -0.130. The van der Waals surface area contributed by atoms with E-state index in [1.807, 2.05) is 41.3 Å². The molecule has 3 N–H and O–H groups in total. The summed E-state index contributed by atoms with van der Waals surface area (Å²) in [6, 6.07) is 17.8. The van der Waals surface area contributed by atoms with Gasteiger partial charge in [-0.1, -0.05) is 30.3 Å². The third kappa shape index (κ3) is 6.47. The summed E-state index contributed by atoms with van der Waals surface area (Å²) < 4.78 is 0. The average molecular weight is 437 g/mol. The molecule has 0 aromatic heterocycles. The van der Waals surface area contributed by atoms with Crippen molar-refractivity contribution >= 4 is 23.5 Å². The minimum atomic E-state index is -0.0969. The van der Waals surface area contributed by atoms with Gasteiger partial charge in [-0.25, -0.2) is 0 Å². The van der Waals surface area contributed by atoms with E-state index in [0.717, 1.165) is 25.1 Å². The molecule has 1 saturated heterocycles. The highest BCUT2D eigenvalue weighted by Gasteiger charge is 2.21. The van der Waals surface area contributed by atoms with E-state index in [1.54, 1.807) is 20.2 Å². The van der Waals surface area contributed by atoms with Crippen molar-refractivity contribution in [1.29, 1.82) is 0 Å². The zero-order chi connectivity index (χ0) is 22.8. The molecule has 0 aliphatic carbocycles. The van der Waals surface area contributed by atoms with Crippen molar-refractivity contribution in [2.45, 2.75) is 6.42 Å². The minimum absolute atomic E-state index is 0.0685. The monoisotopic (exact) mass is 436 g/mol. The van der Waals surface area contributed by atoms with Crippen molar-refractivity contribution in [2.24, 2.45) is 4.99 Å². The van der Waals surface area contributed by atoms with Crippen LogP contribution in [0.4, 0.5) is 5.69 Å². The number of hydrogen-bond acceptors (Lipinski definition) is 4. The maximum Gasteiger partial charge on any atom is 0.251 e. The van der Waals surface area contributed by atoms with Crippen LogP contribution in [0.1, 0.15) is 15.9 Å². The Balaban J connectivity index is 1.39. The number of anilines is 1. The lowest BCUT2D eigenvalue weighted by Gasteiger charge is -2.36. The van der Waals surface area contributed by atoms with Crippen molar-refractivity contribution in [2.75, 3.05) is 58.3 Å². The summed E-state index contributed by atoms with van der Waals surface area (Å²) >= 11 is 0. The van der Waals surface area contributed by atoms with Crippen LogP contribution in [0, 0.1) is 0 Å². The van der Waals surface area contributed by atoms with Crippen molar-refractivity contribution in [1.82, 2.24) is 20.9 Å². The highest BCUT2D eigenvalue weighted by Crippen LogP contribution is 2.15. The molecule has 2 amide bonds. The van der Waals surface area contributed by atoms with Crippen LogP contribution in [0.15, 0.2) is 59.6 Å². The first kappa shape index (κ1) is 23.1. The van der Waals surface area contributed by atoms with Gasteiger partial charge in [-0.2, -0.15) is 0 Å². The number of amides is 2. The molecule has 3 rings (SSSR count). The van der Waals surface area contributed by atoms with Crippen molar-refractivity contribution < 1.29 is 9.59 Å². The Labute approximate surface area is 189 Å². The average Bonchev–Trinajstić information content (AvgIpc) is 2.86. The smallest absolute Gasteiger partial charge is 0.251 e. The van der Waals surface area contributed by atoms with E-state index in [4.69, 9.17) is 0 Å². The van der Waals surface area contributed by atoms with Crippen LogP contribution in [0.3, 0.4) is 0 Å². The van der Waals surface area contributed by atoms with Crippen LogP contribution in [0.5, 0.6) is 0 Å². The van der Waals surface area contributed by atoms with Gasteiger partial charge in [0.25, 0.3) is 5.91 Å². The summed E-state index contributed by atoms with van der Waals surface area (Å²) in [4.78, 5) is 32.8. The number of hydrogen-bond donors (Lipinski definition) is 3. The van der Waals surface area contributed by atoms with Gasteiger partial charge in [-0.05, 0) is 36.2 Å². The van der Waals surface area contributed by atoms with Crippen LogP contribution in [0.2, 0.25) is 0 Å². The van der Waals surface area contributed by atoms with Gasteiger partial charge in [-0.15, -0.1) is 0 Å². The quantitative estimate of drug-likeness (QED) is 0.447. The fourth-order valence-electron chi connectivity index (χ4n) is 3.68. The maximum atomic E-state index is 12.6. The Morgan fingerprint density at radius 1 is 0.969 bits per heavy atom. The van der Waals surface area contributed by atoms with E-state index in [-0.39, 0.29) is 18.4 Å². The number of guanidine groups is 1. The number of nitrogens with zero attached hydrogens (tertiary/aromatic N) is 3. The number of carbonyl (C=O) groups is 2. The van der Waals surface area contributed by atoms with Crippen LogP contribution >= 0.6 is 0 Å². The molecule has 1 fully saturated rings. The molecular weight excluding hydrogens is 404 g/mol. The van der Waals surface area contributed by atoms with Crippen molar-refractivity contribution in [3.05, 3.63) is 65.7 Å². The predicted octanol–water partition coefficient (Wildman–Crippen LogP) is 1.10. The zero-order valence-corrected chi connectivity index (χ0v) is 18.8. The van der Waals surface area contributed by atoms with Crippen LogP contribution < -0.4 is 20.9 Å². The van der Waals surface area contributed by atoms with Crippen LogP contribution in [0.25, 0.3) is 0 Å². The van der Waals surface area contributed by atoms with Gasteiger partial charge < -0.3 is 25.8 Å². The summed E-state index contributed by atoms with van der Waals surface area (Å²) in [6.45, 7) is 3.93. The lowest BCUT2D eigenvalue weighted by atomic mass is 10.1. The van der Waals surface area contributed by atoms with Crippen molar-refractivity contribution in [3.63, 3.8) is 0 Å². The van der Waals surface area contributed by atoms with E-state index in [2.05, 4.69) is 38.0 Å². The number of piperazine rings is 1. The van der Waals surface area contributed by atoms with E-state index in [0.29, 0.717) is 31.2 Å². The molecule has 0 unspecified atom stereocenters. The third-order valence-electron chi connectivity index (χ3n) is 5.51. The van der Waals surface area contributed by atoms with Crippen LogP contribution in [-0.2, 0) is 11.2 Å². The molecule has 2 aromatic carbocycles. The second-order valence-electron chi connectivity index (χ2n) is 7.59.